The maximum Gasteiger partial charge on any atom is 0.320 e. The molecule has 0 aliphatic carbocycles. The topological polar surface area (TPSA) is 240 Å². The van der Waals surface area contributed by atoms with E-state index in [-0.39, 0.29) is 22.5 Å². The lowest BCUT2D eigenvalue weighted by molar-refractivity contribution is -0.138. The number of carboxylic acids is 1. The molecule has 0 amide bonds. The summed E-state index contributed by atoms with van der Waals surface area (Å²) < 4.78 is 35.7. The molecule has 33 heavy (non-hydrogen) atoms. The molecular formula is C17H28N6O8S2. The van der Waals surface area contributed by atoms with Crippen LogP contribution in [0, 0.1) is 0 Å². The number of aliphatic hydroxyl groups excluding tert-OH is 2. The Kier molecular flexibility index (Phi) is 9.36. The second-order valence-electron chi connectivity index (χ2n) is 7.36. The minimum atomic E-state index is -3.91. The van der Waals surface area contributed by atoms with Crippen molar-refractivity contribution in [1.82, 2.24) is 19.5 Å². The van der Waals surface area contributed by atoms with E-state index in [0.717, 1.165) is 0 Å². The number of ether oxygens (including phenoxy) is 1. The fourth-order valence-electron chi connectivity index (χ4n) is 2.97. The Bertz CT molecular complexity index is 1050. The molecule has 1 unspecified atom stereocenters. The highest BCUT2D eigenvalue weighted by Crippen LogP contribution is 2.32. The molecule has 1 aliphatic heterocycles. The number of fused-ring (bicyclic) bond motifs is 1. The van der Waals surface area contributed by atoms with Crippen molar-refractivity contribution < 1.29 is 37.8 Å². The number of nitrogen functional groups attached to an aromatic ring is 1. The molecule has 1 aliphatic rings. The van der Waals surface area contributed by atoms with Crippen LogP contribution in [0.1, 0.15) is 19.6 Å². The van der Waals surface area contributed by atoms with Crippen molar-refractivity contribution in [2.24, 2.45) is 5.73 Å². The number of rotatable bonds is 8. The lowest BCUT2D eigenvalue weighted by atomic mass is 10.1. The first kappa shape index (κ1) is 27.2. The van der Waals surface area contributed by atoms with Crippen LogP contribution in [-0.2, 0) is 30.5 Å². The molecule has 3 heterocycles. The summed E-state index contributed by atoms with van der Waals surface area (Å²) in [5.41, 5.74) is 12.1. The van der Waals surface area contributed by atoms with Crippen LogP contribution in [0.4, 0.5) is 5.82 Å². The third-order valence-electron chi connectivity index (χ3n) is 4.90. The molecule has 0 bridgehead atoms. The van der Waals surface area contributed by atoms with Crippen LogP contribution in [-0.4, -0.2) is 102 Å². The van der Waals surface area contributed by atoms with Crippen molar-refractivity contribution in [1.29, 1.82) is 0 Å². The highest BCUT2D eigenvalue weighted by molar-refractivity contribution is 7.96. The summed E-state index contributed by atoms with van der Waals surface area (Å²) in [7, 11) is -4.15. The lowest BCUT2D eigenvalue weighted by Gasteiger charge is -2.16. The van der Waals surface area contributed by atoms with Gasteiger partial charge in [0.15, 0.2) is 17.7 Å². The lowest BCUT2D eigenvalue weighted by Crippen LogP contribution is -2.37. The summed E-state index contributed by atoms with van der Waals surface area (Å²) in [5, 5.41) is 29.7. The van der Waals surface area contributed by atoms with Gasteiger partial charge in [-0.05, 0) is 10.9 Å². The summed E-state index contributed by atoms with van der Waals surface area (Å²) >= 11 is 0. The number of carbonyl (C=O) groups is 1. The van der Waals surface area contributed by atoms with Gasteiger partial charge < -0.3 is 36.1 Å². The van der Waals surface area contributed by atoms with E-state index in [9.17, 15) is 28.0 Å². The molecule has 0 aromatic carbocycles. The maximum atomic E-state index is 10.8. The molecule has 7 N–H and O–H groups in total. The molecule has 2 aromatic heterocycles. The van der Waals surface area contributed by atoms with E-state index in [4.69, 9.17) is 21.3 Å². The minimum Gasteiger partial charge on any atom is -0.748 e. The minimum absolute atomic E-state index is 0.216. The van der Waals surface area contributed by atoms with E-state index in [1.54, 1.807) is 0 Å². The number of imidazole rings is 1. The van der Waals surface area contributed by atoms with E-state index >= 15 is 0 Å². The second-order valence-corrected chi connectivity index (χ2v) is 11.4. The van der Waals surface area contributed by atoms with Crippen LogP contribution in [0.15, 0.2) is 12.7 Å². The molecule has 1 saturated heterocycles. The summed E-state index contributed by atoms with van der Waals surface area (Å²) in [6.45, 7) is 1.31. The monoisotopic (exact) mass is 508 g/mol. The van der Waals surface area contributed by atoms with Crippen LogP contribution < -0.4 is 11.5 Å². The molecule has 3 rings (SSSR count). The standard InChI is InChI=1S/C15H22N6O5S.C2H6O3S/c1-27(3-2-7(16)15(24)25)4-8-10(22)11(23)14(26-8)21-6-20-9-12(17)18-5-19-13(9)21;1-2-6(3,4)5/h5-8,10-11,14,22-23H,2-4,16H2,1H3,(H2-,17,18,19,24,25);2H2,1H3,(H,3,4,5)/t7-,8+,10+,11+,14+,27?;/m0./s1. The number of aliphatic carboxylic acids is 1. The van der Waals surface area contributed by atoms with Gasteiger partial charge in [0, 0.05) is 12.2 Å². The zero-order valence-corrected chi connectivity index (χ0v) is 19.6. The number of nitrogens with zero attached hydrogens (tertiary/aromatic N) is 4. The Morgan fingerprint density at radius 3 is 2.55 bits per heavy atom. The smallest absolute Gasteiger partial charge is 0.320 e. The average molecular weight is 509 g/mol. The fourth-order valence-corrected chi connectivity index (χ4v) is 4.63. The van der Waals surface area contributed by atoms with Gasteiger partial charge in [0.05, 0.1) is 22.7 Å². The molecule has 1 fully saturated rings. The normalized spacial score (nSPS) is 24.8. The van der Waals surface area contributed by atoms with Crippen molar-refractivity contribution in [3.05, 3.63) is 12.7 Å². The maximum absolute atomic E-state index is 10.8. The fraction of sp³-hybridized carbons (Fsp3) is 0.647. The Balaban J connectivity index is 0.000000569. The Morgan fingerprint density at radius 1 is 1.33 bits per heavy atom. The first-order chi connectivity index (χ1) is 15.4. The third-order valence-corrected chi connectivity index (χ3v) is 7.43. The van der Waals surface area contributed by atoms with Crippen molar-refractivity contribution in [2.75, 3.05) is 29.2 Å². The summed E-state index contributed by atoms with van der Waals surface area (Å²) in [4.78, 5) is 23.0. The summed E-state index contributed by atoms with van der Waals surface area (Å²) in [6.07, 6.45) is 1.31. The van der Waals surface area contributed by atoms with Crippen LogP contribution in [0.3, 0.4) is 0 Å². The van der Waals surface area contributed by atoms with Crippen LogP contribution in [0.5, 0.6) is 0 Å². The zero-order valence-electron chi connectivity index (χ0n) is 18.0. The molecule has 0 spiro atoms. The molecule has 6 atom stereocenters. The van der Waals surface area contributed by atoms with Crippen LogP contribution in [0.25, 0.3) is 11.2 Å². The molecule has 0 radical (unpaired) electrons. The van der Waals surface area contributed by atoms with Gasteiger partial charge in [-0.3, -0.25) is 9.36 Å². The van der Waals surface area contributed by atoms with Gasteiger partial charge in [0.1, 0.15) is 47.7 Å². The van der Waals surface area contributed by atoms with Gasteiger partial charge in [-0.1, -0.05) is 6.92 Å². The van der Waals surface area contributed by atoms with E-state index in [2.05, 4.69) is 15.0 Å². The van der Waals surface area contributed by atoms with Crippen molar-refractivity contribution >= 4 is 44.0 Å². The largest absolute Gasteiger partial charge is 0.748 e. The van der Waals surface area contributed by atoms with E-state index in [1.807, 2.05) is 6.26 Å². The van der Waals surface area contributed by atoms with Crippen LogP contribution in [0.2, 0.25) is 0 Å². The zero-order chi connectivity index (χ0) is 24.9. The Labute approximate surface area is 193 Å². The van der Waals surface area contributed by atoms with Gasteiger partial charge in [-0.25, -0.2) is 23.4 Å². The van der Waals surface area contributed by atoms with E-state index in [1.165, 1.54) is 24.1 Å². The summed E-state index contributed by atoms with van der Waals surface area (Å²) in [6, 6.07) is -0.907. The molecular weight excluding hydrogens is 480 g/mol. The van der Waals surface area contributed by atoms with Gasteiger partial charge >= 0.3 is 5.97 Å². The molecule has 186 valence electrons. The van der Waals surface area contributed by atoms with Crippen molar-refractivity contribution in [2.45, 2.75) is 43.9 Å². The SMILES string of the molecule is CCS(=O)(=O)[O-].C[S+](CC[C@H](N)C(=O)O)C[C@H]1O[C@@H](n2cnc3c(N)ncnc32)[C@H](O)[C@@H]1O. The number of carboxylic acid groups (broad SMARTS) is 1. The second kappa shape index (κ2) is 11.4. The molecule has 16 heteroatoms. The predicted octanol–water partition coefficient (Wildman–Crippen LogP) is -2.37. The number of hydrogen-bond donors (Lipinski definition) is 5. The van der Waals surface area contributed by atoms with Crippen LogP contribution >= 0.6 is 0 Å². The Hall–Kier alpha value is -2.08. The van der Waals surface area contributed by atoms with Gasteiger partial charge in [-0.2, -0.15) is 0 Å². The molecule has 14 nitrogen and oxygen atoms in total. The number of hydrogen-bond acceptors (Lipinski definition) is 12. The van der Waals surface area contributed by atoms with Crippen molar-refractivity contribution in [3.63, 3.8) is 0 Å². The molecule has 2 aromatic rings. The van der Waals surface area contributed by atoms with E-state index < -0.39 is 46.7 Å². The third kappa shape index (κ3) is 7.20. The first-order valence-electron chi connectivity index (χ1n) is 9.81. The average Bonchev–Trinajstić information content (AvgIpc) is 3.29. The highest BCUT2D eigenvalue weighted by atomic mass is 32.2. The predicted molar refractivity (Wildman–Crippen MR) is 119 cm³/mol. The van der Waals surface area contributed by atoms with Crippen molar-refractivity contribution in [3.8, 4) is 0 Å². The molecule has 0 saturated carbocycles. The number of aliphatic hydroxyl groups is 2. The number of nitrogens with two attached hydrogens (primary N) is 2. The summed E-state index contributed by atoms with van der Waals surface area (Å²) in [5.74, 6) is -0.0581. The van der Waals surface area contributed by atoms with Gasteiger partial charge in [0.25, 0.3) is 0 Å². The van der Waals surface area contributed by atoms with Gasteiger partial charge in [-0.15, -0.1) is 0 Å². The first-order valence-corrected chi connectivity index (χ1v) is 13.4. The Morgan fingerprint density at radius 2 is 1.97 bits per heavy atom. The quantitative estimate of drug-likeness (QED) is 0.185. The highest BCUT2D eigenvalue weighted by Gasteiger charge is 2.46. The van der Waals surface area contributed by atoms with Gasteiger partial charge in [0.2, 0.25) is 0 Å². The van der Waals surface area contributed by atoms with E-state index in [0.29, 0.717) is 29.1 Å². The number of aromatic nitrogens is 4. The number of anilines is 1.